The summed E-state index contributed by atoms with van der Waals surface area (Å²) in [4.78, 5) is 24.7. The first-order chi connectivity index (χ1) is 14.0. The second-order valence-corrected chi connectivity index (χ2v) is 8.74. The van der Waals surface area contributed by atoms with Crippen LogP contribution in [0.15, 0.2) is 47.4 Å². The van der Waals surface area contributed by atoms with Gasteiger partial charge in [-0.05, 0) is 69.7 Å². The van der Waals surface area contributed by atoms with Crippen LogP contribution in [0, 0.1) is 6.92 Å². The van der Waals surface area contributed by atoms with E-state index in [0.29, 0.717) is 11.4 Å². The maximum Gasteiger partial charge on any atom is 0.339 e. The van der Waals surface area contributed by atoms with Crippen molar-refractivity contribution < 1.29 is 27.5 Å². The van der Waals surface area contributed by atoms with Crippen LogP contribution < -0.4 is 14.8 Å². The second-order valence-electron chi connectivity index (χ2n) is 7.02. The van der Waals surface area contributed by atoms with Crippen molar-refractivity contribution in [2.75, 3.05) is 12.4 Å². The summed E-state index contributed by atoms with van der Waals surface area (Å²) in [7, 11) is -2.12. The standard InChI is InChI=1S/C21H26N2O6S/c1-13(2)23-30(26,27)18-10-8-17(9-11-18)22-20(24)15(4)29-21(25)16-7-6-14(3)19(12-16)28-5/h6-13,15,23H,1-5H3,(H,22,24). The average Bonchev–Trinajstić information content (AvgIpc) is 2.67. The van der Waals surface area contributed by atoms with E-state index in [1.54, 1.807) is 32.0 Å². The third-order valence-corrected chi connectivity index (χ3v) is 5.79. The SMILES string of the molecule is COc1cc(C(=O)OC(C)C(=O)Nc2ccc(S(=O)(=O)NC(C)C)cc2)ccc1C. The van der Waals surface area contributed by atoms with Crippen LogP contribution in [0.25, 0.3) is 0 Å². The Hall–Kier alpha value is -2.91. The van der Waals surface area contributed by atoms with Gasteiger partial charge in [-0.15, -0.1) is 0 Å². The Balaban J connectivity index is 2.01. The fourth-order valence-electron chi connectivity index (χ4n) is 2.57. The number of anilines is 1. The van der Waals surface area contributed by atoms with E-state index in [-0.39, 0.29) is 16.5 Å². The molecule has 0 aromatic heterocycles. The van der Waals surface area contributed by atoms with Crippen LogP contribution in [0.1, 0.15) is 36.7 Å². The lowest BCUT2D eigenvalue weighted by molar-refractivity contribution is -0.123. The fourth-order valence-corrected chi connectivity index (χ4v) is 3.82. The van der Waals surface area contributed by atoms with Crippen LogP contribution in [0.5, 0.6) is 5.75 Å². The number of carbonyl (C=O) groups excluding carboxylic acids is 2. The van der Waals surface area contributed by atoms with E-state index < -0.39 is 28.0 Å². The highest BCUT2D eigenvalue weighted by atomic mass is 32.2. The number of methoxy groups -OCH3 is 1. The molecule has 162 valence electrons. The highest BCUT2D eigenvalue weighted by Gasteiger charge is 2.20. The Labute approximate surface area is 176 Å². The molecule has 0 saturated heterocycles. The molecule has 1 atom stereocenters. The molecule has 1 amide bonds. The Bertz CT molecular complexity index is 1020. The van der Waals surface area contributed by atoms with Crippen molar-refractivity contribution in [3.63, 3.8) is 0 Å². The van der Waals surface area contributed by atoms with Gasteiger partial charge in [0.1, 0.15) is 5.75 Å². The second kappa shape index (κ2) is 9.73. The summed E-state index contributed by atoms with van der Waals surface area (Å²) >= 11 is 0. The molecule has 8 nitrogen and oxygen atoms in total. The summed E-state index contributed by atoms with van der Waals surface area (Å²) < 4.78 is 37.2. The first kappa shape index (κ1) is 23.4. The summed E-state index contributed by atoms with van der Waals surface area (Å²) in [5.41, 5.74) is 1.52. The van der Waals surface area contributed by atoms with Gasteiger partial charge in [0.15, 0.2) is 6.10 Å². The third kappa shape index (κ3) is 6.04. The molecule has 1 unspecified atom stereocenters. The van der Waals surface area contributed by atoms with Gasteiger partial charge in [-0.25, -0.2) is 17.9 Å². The molecular formula is C21H26N2O6S. The Morgan fingerprint density at radius 3 is 2.20 bits per heavy atom. The first-order valence-corrected chi connectivity index (χ1v) is 10.8. The van der Waals surface area contributed by atoms with Crippen LogP contribution in [0.4, 0.5) is 5.69 Å². The molecule has 2 N–H and O–H groups in total. The summed E-state index contributed by atoms with van der Waals surface area (Å²) in [6.45, 7) is 6.74. The Kier molecular flexibility index (Phi) is 7.58. The van der Waals surface area contributed by atoms with Gasteiger partial charge in [-0.1, -0.05) is 6.07 Å². The van der Waals surface area contributed by atoms with Crippen molar-refractivity contribution in [2.45, 2.75) is 44.7 Å². The number of ether oxygens (including phenoxy) is 2. The van der Waals surface area contributed by atoms with Gasteiger partial charge in [-0.3, -0.25) is 4.79 Å². The molecule has 9 heteroatoms. The van der Waals surface area contributed by atoms with Crippen molar-refractivity contribution in [3.8, 4) is 5.75 Å². The maximum atomic E-state index is 12.3. The predicted molar refractivity (Wildman–Crippen MR) is 113 cm³/mol. The van der Waals surface area contributed by atoms with Gasteiger partial charge in [0.2, 0.25) is 10.0 Å². The van der Waals surface area contributed by atoms with Gasteiger partial charge < -0.3 is 14.8 Å². The molecule has 0 bridgehead atoms. The zero-order chi connectivity index (χ0) is 22.5. The summed E-state index contributed by atoms with van der Waals surface area (Å²) in [6, 6.07) is 10.3. The van der Waals surface area contributed by atoms with Crippen LogP contribution >= 0.6 is 0 Å². The van der Waals surface area contributed by atoms with Gasteiger partial charge in [-0.2, -0.15) is 0 Å². The lowest BCUT2D eigenvalue weighted by Crippen LogP contribution is -2.30. The highest BCUT2D eigenvalue weighted by Crippen LogP contribution is 2.20. The minimum Gasteiger partial charge on any atom is -0.496 e. The van der Waals surface area contributed by atoms with Crippen LogP contribution in [-0.4, -0.2) is 39.5 Å². The van der Waals surface area contributed by atoms with E-state index in [4.69, 9.17) is 9.47 Å². The number of nitrogens with one attached hydrogen (secondary N) is 2. The van der Waals surface area contributed by atoms with Gasteiger partial charge >= 0.3 is 5.97 Å². The van der Waals surface area contributed by atoms with Crippen molar-refractivity contribution in [1.29, 1.82) is 0 Å². The van der Waals surface area contributed by atoms with E-state index in [1.165, 1.54) is 38.3 Å². The third-order valence-electron chi connectivity index (χ3n) is 4.12. The summed E-state index contributed by atoms with van der Waals surface area (Å²) in [5.74, 6) is -0.654. The Morgan fingerprint density at radius 1 is 1.00 bits per heavy atom. The van der Waals surface area contributed by atoms with Crippen molar-refractivity contribution in [2.24, 2.45) is 0 Å². The first-order valence-electron chi connectivity index (χ1n) is 9.32. The minimum absolute atomic E-state index is 0.0852. The average molecular weight is 435 g/mol. The largest absolute Gasteiger partial charge is 0.496 e. The van der Waals surface area contributed by atoms with Crippen LogP contribution in [0.2, 0.25) is 0 Å². The maximum absolute atomic E-state index is 12.3. The monoisotopic (exact) mass is 434 g/mol. The van der Waals surface area contributed by atoms with Crippen LogP contribution in [0.3, 0.4) is 0 Å². The molecule has 2 rings (SSSR count). The number of carbonyl (C=O) groups is 2. The molecule has 0 saturated carbocycles. The zero-order valence-corrected chi connectivity index (χ0v) is 18.4. The van der Waals surface area contributed by atoms with Crippen molar-refractivity contribution in [1.82, 2.24) is 4.72 Å². The van der Waals surface area contributed by atoms with E-state index in [0.717, 1.165) is 5.56 Å². The summed E-state index contributed by atoms with van der Waals surface area (Å²) in [5, 5.41) is 2.59. The smallest absolute Gasteiger partial charge is 0.339 e. The molecule has 0 aliphatic rings. The number of hydrogen-bond acceptors (Lipinski definition) is 6. The Morgan fingerprint density at radius 2 is 1.63 bits per heavy atom. The number of benzene rings is 2. The molecule has 0 fully saturated rings. The van der Waals surface area contributed by atoms with E-state index in [9.17, 15) is 18.0 Å². The van der Waals surface area contributed by atoms with Gasteiger partial charge in [0, 0.05) is 11.7 Å². The molecule has 0 aliphatic carbocycles. The molecule has 2 aromatic rings. The number of esters is 1. The van der Waals surface area contributed by atoms with Crippen molar-refractivity contribution >= 4 is 27.6 Å². The van der Waals surface area contributed by atoms with Gasteiger partial charge in [0.25, 0.3) is 5.91 Å². The van der Waals surface area contributed by atoms with Gasteiger partial charge in [0.05, 0.1) is 17.6 Å². The molecule has 0 aliphatic heterocycles. The molecule has 30 heavy (non-hydrogen) atoms. The number of hydrogen-bond donors (Lipinski definition) is 2. The van der Waals surface area contributed by atoms with E-state index in [1.807, 2.05) is 6.92 Å². The molecular weight excluding hydrogens is 408 g/mol. The topological polar surface area (TPSA) is 111 Å². The van der Waals surface area contributed by atoms with Crippen LogP contribution in [-0.2, 0) is 19.6 Å². The molecule has 0 spiro atoms. The minimum atomic E-state index is -3.62. The summed E-state index contributed by atoms with van der Waals surface area (Å²) in [6.07, 6.45) is -1.06. The fraction of sp³-hybridized carbons (Fsp3) is 0.333. The molecule has 0 heterocycles. The molecule has 2 aromatic carbocycles. The zero-order valence-electron chi connectivity index (χ0n) is 17.6. The number of amides is 1. The lowest BCUT2D eigenvalue weighted by atomic mass is 10.1. The highest BCUT2D eigenvalue weighted by molar-refractivity contribution is 7.89. The number of rotatable bonds is 8. The molecule has 0 radical (unpaired) electrons. The van der Waals surface area contributed by atoms with E-state index in [2.05, 4.69) is 10.0 Å². The van der Waals surface area contributed by atoms with E-state index >= 15 is 0 Å². The normalized spacial score (nSPS) is 12.3. The predicted octanol–water partition coefficient (Wildman–Crippen LogP) is 2.87. The number of sulfonamides is 1. The quantitative estimate of drug-likeness (QED) is 0.618. The lowest BCUT2D eigenvalue weighted by Gasteiger charge is -2.15. The van der Waals surface area contributed by atoms with Crippen molar-refractivity contribution in [3.05, 3.63) is 53.6 Å². The number of aryl methyl sites for hydroxylation is 1.